The van der Waals surface area contributed by atoms with E-state index in [9.17, 15) is 9.59 Å². The summed E-state index contributed by atoms with van der Waals surface area (Å²) in [5, 5.41) is 2.93. The summed E-state index contributed by atoms with van der Waals surface area (Å²) in [5.41, 5.74) is 7.66. The number of carbonyl (C=O) groups is 2. The van der Waals surface area contributed by atoms with Crippen molar-refractivity contribution in [2.24, 2.45) is 5.73 Å². The van der Waals surface area contributed by atoms with E-state index in [2.05, 4.69) is 5.32 Å². The number of carbonyl (C=O) groups excluding carboxylic acids is 2. The predicted octanol–water partition coefficient (Wildman–Crippen LogP) is 2.79. The summed E-state index contributed by atoms with van der Waals surface area (Å²) < 4.78 is 5.14. The zero-order valence-corrected chi connectivity index (χ0v) is 17.1. The summed E-state index contributed by atoms with van der Waals surface area (Å²) in [5.74, 6) is 0.551. The van der Waals surface area contributed by atoms with Crippen LogP contribution in [-0.2, 0) is 11.2 Å². The van der Waals surface area contributed by atoms with Crippen molar-refractivity contribution < 1.29 is 14.3 Å². The van der Waals surface area contributed by atoms with Crippen LogP contribution < -0.4 is 20.7 Å². The molecule has 0 aliphatic heterocycles. The van der Waals surface area contributed by atoms with Crippen LogP contribution in [0.2, 0.25) is 0 Å². The van der Waals surface area contributed by atoms with E-state index >= 15 is 0 Å². The van der Waals surface area contributed by atoms with Crippen LogP contribution in [0, 0.1) is 0 Å². The van der Waals surface area contributed by atoms with Crippen molar-refractivity contribution in [3.05, 3.63) is 59.7 Å². The maximum Gasteiger partial charge on any atom is 0.253 e. The van der Waals surface area contributed by atoms with Crippen LogP contribution >= 0.6 is 12.4 Å². The zero-order valence-electron chi connectivity index (χ0n) is 16.3. The maximum absolute atomic E-state index is 12.6. The molecule has 6 nitrogen and oxygen atoms in total. The van der Waals surface area contributed by atoms with Crippen molar-refractivity contribution in [1.29, 1.82) is 0 Å². The van der Waals surface area contributed by atoms with Gasteiger partial charge >= 0.3 is 0 Å². The fraction of sp³-hybridized carbons (Fsp3) is 0.333. The fourth-order valence-corrected chi connectivity index (χ4v) is 2.72. The smallest absolute Gasteiger partial charge is 0.253 e. The van der Waals surface area contributed by atoms with Gasteiger partial charge < -0.3 is 20.7 Å². The van der Waals surface area contributed by atoms with Crippen LogP contribution in [-0.4, -0.2) is 39.1 Å². The Hall–Kier alpha value is -2.57. The molecule has 0 saturated heterocycles. The Morgan fingerprint density at radius 3 is 2.43 bits per heavy atom. The van der Waals surface area contributed by atoms with Crippen molar-refractivity contribution >= 4 is 29.9 Å². The molecule has 2 rings (SSSR count). The topological polar surface area (TPSA) is 84.7 Å². The van der Waals surface area contributed by atoms with Crippen LogP contribution in [0.5, 0.6) is 5.75 Å². The van der Waals surface area contributed by atoms with Gasteiger partial charge in [0.05, 0.1) is 18.4 Å². The number of para-hydroxylation sites is 1. The molecule has 7 heteroatoms. The van der Waals surface area contributed by atoms with E-state index < -0.39 is 0 Å². The Bertz CT molecular complexity index is 766. The second-order valence-electron chi connectivity index (χ2n) is 6.22. The normalized spacial score (nSPS) is 9.96. The van der Waals surface area contributed by atoms with Gasteiger partial charge in [-0.2, -0.15) is 0 Å². The van der Waals surface area contributed by atoms with Gasteiger partial charge in [0.1, 0.15) is 5.75 Å². The van der Waals surface area contributed by atoms with E-state index in [1.807, 2.05) is 30.3 Å². The summed E-state index contributed by atoms with van der Waals surface area (Å²) in [4.78, 5) is 26.4. The number of halogens is 1. The lowest BCUT2D eigenvalue weighted by Gasteiger charge is -2.20. The van der Waals surface area contributed by atoms with E-state index in [0.717, 1.165) is 11.3 Å². The molecule has 28 heavy (non-hydrogen) atoms. The Balaban J connectivity index is 0.00000392. The highest BCUT2D eigenvalue weighted by Crippen LogP contribution is 2.20. The molecule has 0 bridgehead atoms. The molecule has 0 saturated carbocycles. The number of benzene rings is 2. The van der Waals surface area contributed by atoms with Crippen LogP contribution in [0.1, 0.15) is 28.8 Å². The minimum atomic E-state index is -0.197. The van der Waals surface area contributed by atoms with Gasteiger partial charge in [-0.15, -0.1) is 12.4 Å². The Morgan fingerprint density at radius 1 is 1.11 bits per heavy atom. The van der Waals surface area contributed by atoms with E-state index in [-0.39, 0.29) is 24.2 Å². The van der Waals surface area contributed by atoms with Gasteiger partial charge in [-0.25, -0.2) is 0 Å². The van der Waals surface area contributed by atoms with E-state index in [1.54, 1.807) is 32.4 Å². The first-order valence-electron chi connectivity index (χ1n) is 9.03. The summed E-state index contributed by atoms with van der Waals surface area (Å²) >= 11 is 0. The van der Waals surface area contributed by atoms with Gasteiger partial charge in [0.15, 0.2) is 0 Å². The number of nitrogens with zero attached hydrogens (tertiary/aromatic N) is 1. The maximum atomic E-state index is 12.6. The van der Waals surface area contributed by atoms with Crippen LogP contribution in [0.4, 0.5) is 5.69 Å². The van der Waals surface area contributed by atoms with E-state index in [4.69, 9.17) is 10.5 Å². The predicted molar refractivity (Wildman–Crippen MR) is 114 cm³/mol. The van der Waals surface area contributed by atoms with Crippen molar-refractivity contribution in [1.82, 2.24) is 5.32 Å². The molecular formula is C21H28ClN3O3. The highest BCUT2D eigenvalue weighted by molar-refractivity contribution is 6.04. The van der Waals surface area contributed by atoms with Crippen LogP contribution in [0.25, 0.3) is 0 Å². The SMILES string of the molecule is COc1ccc(CCNC(=O)c2ccccc2N(C)C(=O)CCCN)cc1.Cl. The van der Waals surface area contributed by atoms with Crippen molar-refractivity contribution in [3.8, 4) is 5.75 Å². The monoisotopic (exact) mass is 405 g/mol. The van der Waals surface area contributed by atoms with Gasteiger partial charge in [0, 0.05) is 20.0 Å². The van der Waals surface area contributed by atoms with Crippen LogP contribution in [0.3, 0.4) is 0 Å². The molecule has 0 aliphatic carbocycles. The first kappa shape index (κ1) is 23.5. The number of amides is 2. The zero-order chi connectivity index (χ0) is 19.6. The number of hydrogen-bond donors (Lipinski definition) is 2. The molecule has 2 aromatic carbocycles. The molecule has 0 aromatic heterocycles. The summed E-state index contributed by atoms with van der Waals surface area (Å²) in [6.07, 6.45) is 1.70. The lowest BCUT2D eigenvalue weighted by molar-refractivity contribution is -0.118. The Kier molecular flexibility index (Phi) is 10.1. The number of nitrogens with one attached hydrogen (secondary N) is 1. The number of ether oxygens (including phenoxy) is 1. The molecule has 0 atom stereocenters. The number of methoxy groups -OCH3 is 1. The molecular weight excluding hydrogens is 378 g/mol. The minimum absolute atomic E-state index is 0. The summed E-state index contributed by atoms with van der Waals surface area (Å²) in [6, 6.07) is 14.9. The summed E-state index contributed by atoms with van der Waals surface area (Å²) in [6.45, 7) is 0.970. The van der Waals surface area contributed by atoms with E-state index in [1.165, 1.54) is 4.90 Å². The number of anilines is 1. The number of nitrogens with two attached hydrogens (primary N) is 1. The first-order valence-corrected chi connectivity index (χ1v) is 9.03. The average molecular weight is 406 g/mol. The molecule has 0 heterocycles. The minimum Gasteiger partial charge on any atom is -0.497 e. The standard InChI is InChI=1S/C21H27N3O3.ClH/c1-24(20(25)8-5-14-22)19-7-4-3-6-18(19)21(26)23-15-13-16-9-11-17(27-2)12-10-16;/h3-4,6-7,9-12H,5,8,13-15,22H2,1-2H3,(H,23,26);1H. The second-order valence-corrected chi connectivity index (χ2v) is 6.22. The molecule has 2 amide bonds. The van der Waals surface area contributed by atoms with Gasteiger partial charge in [-0.1, -0.05) is 24.3 Å². The van der Waals surface area contributed by atoms with Crippen molar-refractivity contribution in [2.45, 2.75) is 19.3 Å². The molecule has 0 spiro atoms. The highest BCUT2D eigenvalue weighted by atomic mass is 35.5. The Labute approximate surface area is 172 Å². The third-order valence-corrected chi connectivity index (χ3v) is 4.34. The highest BCUT2D eigenvalue weighted by Gasteiger charge is 2.17. The lowest BCUT2D eigenvalue weighted by Crippen LogP contribution is -2.31. The quantitative estimate of drug-likeness (QED) is 0.671. The molecule has 3 N–H and O–H groups in total. The van der Waals surface area contributed by atoms with Crippen molar-refractivity contribution in [2.75, 3.05) is 32.1 Å². The average Bonchev–Trinajstić information content (AvgIpc) is 2.71. The first-order chi connectivity index (χ1) is 13.1. The van der Waals surface area contributed by atoms with E-state index in [0.29, 0.717) is 43.6 Å². The second kappa shape index (κ2) is 12.0. The third-order valence-electron chi connectivity index (χ3n) is 4.34. The van der Waals surface area contributed by atoms with Gasteiger partial charge in [0.25, 0.3) is 5.91 Å². The Morgan fingerprint density at radius 2 is 1.79 bits per heavy atom. The van der Waals surface area contributed by atoms with Gasteiger partial charge in [0.2, 0.25) is 5.91 Å². The number of hydrogen-bond acceptors (Lipinski definition) is 4. The molecule has 152 valence electrons. The molecule has 0 unspecified atom stereocenters. The molecule has 2 aromatic rings. The summed E-state index contributed by atoms with van der Waals surface area (Å²) in [7, 11) is 3.31. The lowest BCUT2D eigenvalue weighted by atomic mass is 10.1. The number of rotatable bonds is 9. The van der Waals surface area contributed by atoms with Crippen molar-refractivity contribution in [3.63, 3.8) is 0 Å². The fourth-order valence-electron chi connectivity index (χ4n) is 2.72. The van der Waals surface area contributed by atoms with Crippen LogP contribution in [0.15, 0.2) is 48.5 Å². The third kappa shape index (κ3) is 6.55. The van der Waals surface area contributed by atoms with Gasteiger partial charge in [-0.3, -0.25) is 9.59 Å². The molecule has 0 fully saturated rings. The molecule has 0 radical (unpaired) electrons. The molecule has 0 aliphatic rings. The van der Waals surface area contributed by atoms with Gasteiger partial charge in [-0.05, 0) is 49.2 Å². The largest absolute Gasteiger partial charge is 0.497 e.